The van der Waals surface area contributed by atoms with Crippen molar-refractivity contribution in [2.75, 3.05) is 6.54 Å². The normalized spacial score (nSPS) is 12.2. The molecule has 0 fully saturated rings. The highest BCUT2D eigenvalue weighted by Crippen LogP contribution is 2.27. The summed E-state index contributed by atoms with van der Waals surface area (Å²) in [7, 11) is 0. The highest BCUT2D eigenvalue weighted by Gasteiger charge is 2.27. The van der Waals surface area contributed by atoms with E-state index in [1.54, 1.807) is 30.3 Å². The van der Waals surface area contributed by atoms with E-state index in [0.717, 1.165) is 6.07 Å². The van der Waals surface area contributed by atoms with Crippen LogP contribution < -0.4 is 5.73 Å². The smallest absolute Gasteiger partial charge is 0.177 e. The van der Waals surface area contributed by atoms with Crippen molar-refractivity contribution in [3.05, 3.63) is 69.7 Å². The molecular formula is C15H12BrF2NO. The van der Waals surface area contributed by atoms with E-state index in [-0.39, 0.29) is 11.0 Å². The molecule has 0 saturated carbocycles. The Labute approximate surface area is 123 Å². The van der Waals surface area contributed by atoms with Gasteiger partial charge in [-0.1, -0.05) is 30.3 Å². The Bertz CT molecular complexity index is 631. The van der Waals surface area contributed by atoms with Crippen LogP contribution in [0.15, 0.2) is 46.9 Å². The zero-order chi connectivity index (χ0) is 14.7. The van der Waals surface area contributed by atoms with E-state index >= 15 is 0 Å². The van der Waals surface area contributed by atoms with Gasteiger partial charge in [-0.25, -0.2) is 8.78 Å². The largest absolute Gasteiger partial charge is 0.329 e. The summed E-state index contributed by atoms with van der Waals surface area (Å²) < 4.78 is 27.8. The lowest BCUT2D eigenvalue weighted by Crippen LogP contribution is -2.23. The van der Waals surface area contributed by atoms with Crippen LogP contribution in [-0.2, 0) is 0 Å². The number of rotatable bonds is 4. The van der Waals surface area contributed by atoms with Crippen LogP contribution in [0.4, 0.5) is 8.78 Å². The average molecular weight is 340 g/mol. The lowest BCUT2D eigenvalue weighted by atomic mass is 9.90. The Morgan fingerprint density at radius 3 is 2.40 bits per heavy atom. The molecule has 0 amide bonds. The lowest BCUT2D eigenvalue weighted by Gasteiger charge is -2.15. The summed E-state index contributed by atoms with van der Waals surface area (Å²) >= 11 is 2.95. The van der Waals surface area contributed by atoms with E-state index in [4.69, 9.17) is 5.73 Å². The molecule has 0 aliphatic carbocycles. The number of hydrogen-bond acceptors (Lipinski definition) is 2. The number of Topliss-reactive ketones (excluding diaryl/α,β-unsaturated/α-hetero) is 1. The first-order chi connectivity index (χ1) is 9.56. The van der Waals surface area contributed by atoms with Crippen LogP contribution in [0.2, 0.25) is 0 Å². The molecule has 1 atom stereocenters. The lowest BCUT2D eigenvalue weighted by molar-refractivity contribution is 0.0954. The fraction of sp³-hybridized carbons (Fsp3) is 0.133. The first kappa shape index (κ1) is 14.8. The second kappa shape index (κ2) is 6.24. The van der Waals surface area contributed by atoms with E-state index in [9.17, 15) is 13.6 Å². The van der Waals surface area contributed by atoms with Crippen LogP contribution in [0.5, 0.6) is 0 Å². The summed E-state index contributed by atoms with van der Waals surface area (Å²) in [6.45, 7) is -0.0196. The van der Waals surface area contributed by atoms with Gasteiger partial charge in [-0.2, -0.15) is 0 Å². The van der Waals surface area contributed by atoms with Gasteiger partial charge in [0.15, 0.2) is 11.6 Å². The third-order valence-corrected chi connectivity index (χ3v) is 3.66. The molecule has 2 aromatic carbocycles. The van der Waals surface area contributed by atoms with Gasteiger partial charge < -0.3 is 5.73 Å². The van der Waals surface area contributed by atoms with Crippen LogP contribution >= 0.6 is 15.9 Å². The van der Waals surface area contributed by atoms with Gasteiger partial charge in [0, 0.05) is 6.54 Å². The van der Waals surface area contributed by atoms with Gasteiger partial charge >= 0.3 is 0 Å². The van der Waals surface area contributed by atoms with Crippen molar-refractivity contribution in [2.45, 2.75) is 5.92 Å². The molecule has 2 aromatic rings. The van der Waals surface area contributed by atoms with Gasteiger partial charge in [0.05, 0.1) is 16.0 Å². The van der Waals surface area contributed by atoms with Crippen molar-refractivity contribution in [3.8, 4) is 0 Å². The molecule has 0 aliphatic heterocycles. The van der Waals surface area contributed by atoms with E-state index in [0.29, 0.717) is 5.56 Å². The van der Waals surface area contributed by atoms with Crippen molar-refractivity contribution in [2.24, 2.45) is 5.73 Å². The Kier molecular flexibility index (Phi) is 4.62. The van der Waals surface area contributed by atoms with Crippen LogP contribution in [0.25, 0.3) is 0 Å². The predicted octanol–water partition coefficient (Wildman–Crippen LogP) is 3.65. The van der Waals surface area contributed by atoms with Crippen molar-refractivity contribution in [3.63, 3.8) is 0 Å². The number of carbonyl (C=O) groups excluding carboxylic acids is 1. The van der Waals surface area contributed by atoms with Gasteiger partial charge in [0.2, 0.25) is 0 Å². The molecule has 0 saturated heterocycles. The second-order valence-corrected chi connectivity index (χ2v) is 5.14. The SMILES string of the molecule is NCC(C(=O)c1c(F)ccc(Br)c1F)c1ccccc1. The fourth-order valence-corrected chi connectivity index (χ4v) is 2.34. The summed E-state index contributed by atoms with van der Waals surface area (Å²) in [5, 5.41) is 0. The minimum absolute atomic E-state index is 0.0196. The van der Waals surface area contributed by atoms with Crippen LogP contribution in [-0.4, -0.2) is 12.3 Å². The van der Waals surface area contributed by atoms with Gasteiger partial charge in [0.1, 0.15) is 5.82 Å². The number of benzene rings is 2. The Hall–Kier alpha value is -1.59. The molecule has 2 nitrogen and oxygen atoms in total. The zero-order valence-corrected chi connectivity index (χ0v) is 12.0. The Morgan fingerprint density at radius 2 is 1.80 bits per heavy atom. The summed E-state index contributed by atoms with van der Waals surface area (Å²) in [4.78, 5) is 12.4. The Morgan fingerprint density at radius 1 is 1.15 bits per heavy atom. The molecule has 1 unspecified atom stereocenters. The minimum atomic E-state index is -0.899. The number of ketones is 1. The van der Waals surface area contributed by atoms with Gasteiger partial charge in [-0.15, -0.1) is 0 Å². The van der Waals surface area contributed by atoms with Crippen molar-refractivity contribution in [1.29, 1.82) is 0 Å². The monoisotopic (exact) mass is 339 g/mol. The molecule has 0 heterocycles. The standard InChI is InChI=1S/C15H12BrF2NO/c16-11-6-7-12(17)13(14(11)18)15(20)10(8-19)9-4-2-1-3-5-9/h1-7,10H,8,19H2. The molecular weight excluding hydrogens is 328 g/mol. The first-order valence-corrected chi connectivity index (χ1v) is 6.78. The molecule has 5 heteroatoms. The average Bonchev–Trinajstić information content (AvgIpc) is 2.45. The summed E-state index contributed by atoms with van der Waals surface area (Å²) in [5.74, 6) is -3.21. The van der Waals surface area contributed by atoms with Crippen molar-refractivity contribution in [1.82, 2.24) is 0 Å². The summed E-state index contributed by atoms with van der Waals surface area (Å²) in [5.41, 5.74) is 5.68. The number of hydrogen-bond donors (Lipinski definition) is 1. The second-order valence-electron chi connectivity index (χ2n) is 4.28. The van der Waals surface area contributed by atoms with Gasteiger partial charge in [-0.05, 0) is 33.6 Å². The maximum Gasteiger partial charge on any atom is 0.177 e. The maximum absolute atomic E-state index is 14.0. The molecule has 2 rings (SSSR count). The molecule has 0 aromatic heterocycles. The van der Waals surface area contributed by atoms with E-state index in [1.165, 1.54) is 6.07 Å². The third-order valence-electron chi connectivity index (χ3n) is 3.04. The third kappa shape index (κ3) is 2.78. The summed E-state index contributed by atoms with van der Waals surface area (Å²) in [6.07, 6.45) is 0. The maximum atomic E-state index is 14.0. The quantitative estimate of drug-likeness (QED) is 0.682. The first-order valence-electron chi connectivity index (χ1n) is 5.99. The van der Waals surface area contributed by atoms with Crippen molar-refractivity contribution < 1.29 is 13.6 Å². The van der Waals surface area contributed by atoms with Crippen LogP contribution in [0.1, 0.15) is 21.8 Å². The molecule has 0 spiro atoms. The number of nitrogens with two attached hydrogens (primary N) is 1. The molecule has 0 aliphatic rings. The molecule has 0 bridgehead atoms. The van der Waals surface area contributed by atoms with Crippen LogP contribution in [0, 0.1) is 11.6 Å². The van der Waals surface area contributed by atoms with E-state index < -0.39 is 28.9 Å². The number of carbonyl (C=O) groups is 1. The van der Waals surface area contributed by atoms with Gasteiger partial charge in [0.25, 0.3) is 0 Å². The summed E-state index contributed by atoms with van der Waals surface area (Å²) in [6, 6.07) is 11.0. The minimum Gasteiger partial charge on any atom is -0.329 e. The molecule has 2 N–H and O–H groups in total. The number of halogens is 3. The highest BCUT2D eigenvalue weighted by atomic mass is 79.9. The molecule has 0 radical (unpaired) electrons. The van der Waals surface area contributed by atoms with Crippen molar-refractivity contribution >= 4 is 21.7 Å². The zero-order valence-electron chi connectivity index (χ0n) is 10.4. The predicted molar refractivity (Wildman–Crippen MR) is 76.6 cm³/mol. The Balaban J connectivity index is 2.47. The van der Waals surface area contributed by atoms with Gasteiger partial charge in [-0.3, -0.25) is 4.79 Å². The van der Waals surface area contributed by atoms with Crippen LogP contribution in [0.3, 0.4) is 0 Å². The molecule has 20 heavy (non-hydrogen) atoms. The fourth-order valence-electron chi connectivity index (χ4n) is 2.01. The van der Waals surface area contributed by atoms with E-state index in [2.05, 4.69) is 15.9 Å². The van der Waals surface area contributed by atoms with E-state index in [1.807, 2.05) is 0 Å². The highest BCUT2D eigenvalue weighted by molar-refractivity contribution is 9.10. The molecule has 104 valence electrons. The topological polar surface area (TPSA) is 43.1 Å².